The van der Waals surface area contributed by atoms with Gasteiger partial charge in [0, 0.05) is 30.2 Å². The van der Waals surface area contributed by atoms with Gasteiger partial charge in [-0.3, -0.25) is 0 Å². The van der Waals surface area contributed by atoms with Crippen LogP contribution in [-0.4, -0.2) is 10.1 Å². The van der Waals surface area contributed by atoms with Crippen LogP contribution in [0, 0.1) is 0 Å². The Bertz CT molecular complexity index is 703. The molecule has 0 radical (unpaired) electrons. The van der Waals surface area contributed by atoms with Crippen molar-refractivity contribution in [3.8, 4) is 0 Å². The molecule has 0 fully saturated rings. The maximum atomic E-state index is 9.13. The van der Waals surface area contributed by atoms with Crippen LogP contribution in [0.25, 0.3) is 10.9 Å². The number of benzene rings is 2. The molecule has 3 heteroatoms. The number of aromatic nitrogens is 1. The highest BCUT2D eigenvalue weighted by Gasteiger charge is 2.02. The lowest BCUT2D eigenvalue weighted by Gasteiger charge is -2.06. The number of rotatable bonds is 5. The highest BCUT2D eigenvalue weighted by Crippen LogP contribution is 2.17. The summed E-state index contributed by atoms with van der Waals surface area (Å²) < 4.78 is 0. The molecular formula is C17H18N2O. The van der Waals surface area contributed by atoms with E-state index in [0.717, 1.165) is 18.7 Å². The fraction of sp³-hybridized carbons (Fsp3) is 0.176. The van der Waals surface area contributed by atoms with E-state index in [4.69, 9.17) is 5.11 Å². The van der Waals surface area contributed by atoms with Crippen LogP contribution in [-0.2, 0) is 19.7 Å². The predicted octanol–water partition coefficient (Wildman–Crippen LogP) is 2.95. The second-order valence-electron chi connectivity index (χ2n) is 4.94. The number of aliphatic hydroxyl groups excluding tert-OH is 1. The Hall–Kier alpha value is -2.10. The van der Waals surface area contributed by atoms with Gasteiger partial charge in [0.25, 0.3) is 0 Å². The molecular weight excluding hydrogens is 248 g/mol. The summed E-state index contributed by atoms with van der Waals surface area (Å²) in [5.74, 6) is 0. The summed E-state index contributed by atoms with van der Waals surface area (Å²) in [5, 5.41) is 13.8. The minimum atomic E-state index is 0.0935. The molecule has 3 nitrogen and oxygen atoms in total. The molecule has 2 aromatic carbocycles. The maximum absolute atomic E-state index is 9.13. The molecule has 0 unspecified atom stereocenters. The molecule has 0 bridgehead atoms. The van der Waals surface area contributed by atoms with Crippen LogP contribution < -0.4 is 5.32 Å². The average molecular weight is 266 g/mol. The third-order valence-electron chi connectivity index (χ3n) is 3.49. The lowest BCUT2D eigenvalue weighted by Crippen LogP contribution is -2.12. The Kier molecular flexibility index (Phi) is 3.81. The quantitative estimate of drug-likeness (QED) is 0.665. The highest BCUT2D eigenvalue weighted by atomic mass is 16.3. The van der Waals surface area contributed by atoms with Crippen molar-refractivity contribution >= 4 is 10.9 Å². The molecule has 102 valence electrons. The zero-order chi connectivity index (χ0) is 13.8. The van der Waals surface area contributed by atoms with Crippen LogP contribution >= 0.6 is 0 Å². The average Bonchev–Trinajstić information content (AvgIpc) is 2.91. The summed E-state index contributed by atoms with van der Waals surface area (Å²) in [4.78, 5) is 3.28. The van der Waals surface area contributed by atoms with Gasteiger partial charge in [0.1, 0.15) is 0 Å². The summed E-state index contributed by atoms with van der Waals surface area (Å²) in [6, 6.07) is 16.3. The van der Waals surface area contributed by atoms with Gasteiger partial charge in [0.2, 0.25) is 0 Å². The van der Waals surface area contributed by atoms with Gasteiger partial charge in [0.05, 0.1) is 6.61 Å². The Morgan fingerprint density at radius 3 is 2.70 bits per heavy atom. The van der Waals surface area contributed by atoms with Crippen molar-refractivity contribution in [2.75, 3.05) is 0 Å². The lowest BCUT2D eigenvalue weighted by atomic mass is 10.1. The number of hydrogen-bond acceptors (Lipinski definition) is 2. The van der Waals surface area contributed by atoms with Crippen LogP contribution in [0.1, 0.15) is 16.7 Å². The molecule has 1 heterocycles. The first-order valence-electron chi connectivity index (χ1n) is 6.81. The zero-order valence-corrected chi connectivity index (χ0v) is 11.3. The first kappa shape index (κ1) is 12.9. The number of nitrogens with one attached hydrogen (secondary N) is 2. The summed E-state index contributed by atoms with van der Waals surface area (Å²) in [5.41, 5.74) is 4.60. The van der Waals surface area contributed by atoms with Crippen LogP contribution in [0.15, 0.2) is 54.7 Å². The molecule has 0 aliphatic rings. The molecule has 0 aliphatic heterocycles. The van der Waals surface area contributed by atoms with E-state index >= 15 is 0 Å². The van der Waals surface area contributed by atoms with Crippen molar-refractivity contribution in [3.63, 3.8) is 0 Å². The van der Waals surface area contributed by atoms with E-state index in [1.165, 1.54) is 22.0 Å². The number of fused-ring (bicyclic) bond motifs is 1. The molecule has 0 saturated heterocycles. The second kappa shape index (κ2) is 5.90. The normalized spacial score (nSPS) is 11.1. The topological polar surface area (TPSA) is 48.0 Å². The number of H-pyrrole nitrogens is 1. The van der Waals surface area contributed by atoms with Gasteiger partial charge in [-0.2, -0.15) is 0 Å². The van der Waals surface area contributed by atoms with E-state index in [0.29, 0.717) is 0 Å². The molecule has 3 aromatic rings. The Labute approximate surface area is 118 Å². The minimum absolute atomic E-state index is 0.0935. The van der Waals surface area contributed by atoms with Crippen molar-refractivity contribution < 1.29 is 5.11 Å². The van der Waals surface area contributed by atoms with Crippen LogP contribution in [0.5, 0.6) is 0 Å². The van der Waals surface area contributed by atoms with Crippen molar-refractivity contribution in [2.45, 2.75) is 19.7 Å². The van der Waals surface area contributed by atoms with Crippen LogP contribution in [0.3, 0.4) is 0 Å². The van der Waals surface area contributed by atoms with E-state index < -0.39 is 0 Å². The van der Waals surface area contributed by atoms with Gasteiger partial charge < -0.3 is 15.4 Å². The molecule has 3 N–H and O–H groups in total. The molecule has 0 spiro atoms. The third-order valence-corrected chi connectivity index (χ3v) is 3.49. The third kappa shape index (κ3) is 2.74. The van der Waals surface area contributed by atoms with Gasteiger partial charge in [-0.25, -0.2) is 0 Å². The number of aromatic amines is 1. The van der Waals surface area contributed by atoms with E-state index in [2.05, 4.69) is 40.8 Å². The van der Waals surface area contributed by atoms with Gasteiger partial charge >= 0.3 is 0 Å². The van der Waals surface area contributed by atoms with Gasteiger partial charge in [-0.15, -0.1) is 0 Å². The number of aliphatic hydroxyl groups is 1. The molecule has 0 saturated carbocycles. The van der Waals surface area contributed by atoms with E-state index in [-0.39, 0.29) is 6.61 Å². The highest BCUT2D eigenvalue weighted by molar-refractivity contribution is 5.82. The van der Waals surface area contributed by atoms with Crippen molar-refractivity contribution in [3.05, 3.63) is 71.4 Å². The van der Waals surface area contributed by atoms with Gasteiger partial charge in [0.15, 0.2) is 0 Å². The maximum Gasteiger partial charge on any atom is 0.0681 e. The Balaban J connectivity index is 1.65. The monoisotopic (exact) mass is 266 g/mol. The van der Waals surface area contributed by atoms with Crippen molar-refractivity contribution in [2.24, 2.45) is 0 Å². The molecule has 20 heavy (non-hydrogen) atoms. The molecule has 0 atom stereocenters. The number of hydrogen-bond donors (Lipinski definition) is 3. The standard InChI is InChI=1S/C17H18N2O/c20-12-14-5-3-4-13(8-14)9-18-10-15-11-19-17-7-2-1-6-16(15)17/h1-8,11,18-20H,9-10,12H2. The minimum Gasteiger partial charge on any atom is -0.392 e. The largest absolute Gasteiger partial charge is 0.392 e. The van der Waals surface area contributed by atoms with Crippen molar-refractivity contribution in [1.82, 2.24) is 10.3 Å². The van der Waals surface area contributed by atoms with E-state index in [9.17, 15) is 0 Å². The SMILES string of the molecule is OCc1cccc(CNCc2c[nH]c3ccccc23)c1. The Morgan fingerprint density at radius 1 is 0.950 bits per heavy atom. The van der Waals surface area contributed by atoms with Gasteiger partial charge in [-0.05, 0) is 22.8 Å². The molecule has 0 aliphatic carbocycles. The summed E-state index contributed by atoms with van der Waals surface area (Å²) >= 11 is 0. The first-order chi connectivity index (χ1) is 9.86. The molecule has 0 amide bonds. The number of para-hydroxylation sites is 1. The lowest BCUT2D eigenvalue weighted by molar-refractivity contribution is 0.281. The Morgan fingerprint density at radius 2 is 1.80 bits per heavy atom. The predicted molar refractivity (Wildman–Crippen MR) is 81.2 cm³/mol. The summed E-state index contributed by atoms with van der Waals surface area (Å²) in [7, 11) is 0. The zero-order valence-electron chi connectivity index (χ0n) is 11.3. The van der Waals surface area contributed by atoms with Crippen molar-refractivity contribution in [1.29, 1.82) is 0 Å². The summed E-state index contributed by atoms with van der Waals surface area (Å²) in [6.45, 7) is 1.72. The van der Waals surface area contributed by atoms with Crippen LogP contribution in [0.2, 0.25) is 0 Å². The fourth-order valence-corrected chi connectivity index (χ4v) is 2.46. The molecule has 1 aromatic heterocycles. The van der Waals surface area contributed by atoms with E-state index in [1.807, 2.05) is 24.3 Å². The molecule has 3 rings (SSSR count). The summed E-state index contributed by atoms with van der Waals surface area (Å²) in [6.07, 6.45) is 2.06. The van der Waals surface area contributed by atoms with Crippen LogP contribution in [0.4, 0.5) is 0 Å². The second-order valence-corrected chi connectivity index (χ2v) is 4.94. The van der Waals surface area contributed by atoms with E-state index in [1.54, 1.807) is 0 Å². The fourth-order valence-electron chi connectivity index (χ4n) is 2.46. The smallest absolute Gasteiger partial charge is 0.0681 e. The van der Waals surface area contributed by atoms with Gasteiger partial charge in [-0.1, -0.05) is 42.5 Å². The first-order valence-corrected chi connectivity index (χ1v) is 6.81.